The predicted molar refractivity (Wildman–Crippen MR) is 114 cm³/mol. The highest BCUT2D eigenvalue weighted by molar-refractivity contribution is 5.98. The van der Waals surface area contributed by atoms with E-state index in [4.69, 9.17) is 13.9 Å². The summed E-state index contributed by atoms with van der Waals surface area (Å²) in [4.78, 5) is 41.8. The number of fused-ring (bicyclic) bond motifs is 2. The average molecular weight is 417 g/mol. The van der Waals surface area contributed by atoms with Crippen molar-refractivity contribution in [1.82, 2.24) is 4.98 Å². The first kappa shape index (κ1) is 20.3. The van der Waals surface area contributed by atoms with E-state index >= 15 is 0 Å². The third-order valence-corrected chi connectivity index (χ3v) is 5.04. The molecule has 0 atom stereocenters. The Balaban J connectivity index is 1.68. The van der Waals surface area contributed by atoms with Gasteiger partial charge in [0.2, 0.25) is 5.76 Å². The Morgan fingerprint density at radius 3 is 2.55 bits per heavy atom. The zero-order chi connectivity index (χ0) is 22.1. The lowest BCUT2D eigenvalue weighted by Crippen LogP contribution is -2.15. The minimum Gasteiger partial charge on any atom is -0.465 e. The smallest absolute Gasteiger partial charge is 0.374 e. The average Bonchev–Trinajstić information content (AvgIpc) is 2.77. The standard InChI is InChI=1S/C24H19NO6/c1-13-8-9-20-16(10-13)19(26)11-21(31-20)23(27)30-12-18-22(24(28)29-3)14(2)15-6-4-5-7-17(15)25-18/h4-11H,12H2,1-3H3. The van der Waals surface area contributed by atoms with Gasteiger partial charge in [-0.15, -0.1) is 0 Å². The summed E-state index contributed by atoms with van der Waals surface area (Å²) in [6.45, 7) is 3.36. The highest BCUT2D eigenvalue weighted by Gasteiger charge is 2.21. The number of pyridine rings is 1. The van der Waals surface area contributed by atoms with Crippen molar-refractivity contribution in [3.8, 4) is 0 Å². The van der Waals surface area contributed by atoms with Gasteiger partial charge in [0.05, 0.1) is 29.3 Å². The van der Waals surface area contributed by atoms with E-state index in [0.717, 1.165) is 17.0 Å². The normalized spacial score (nSPS) is 10.9. The number of methoxy groups -OCH3 is 1. The van der Waals surface area contributed by atoms with E-state index in [1.165, 1.54) is 7.11 Å². The van der Waals surface area contributed by atoms with Crippen LogP contribution in [0.5, 0.6) is 0 Å². The molecule has 156 valence electrons. The Labute approximate surface area is 177 Å². The minimum atomic E-state index is -0.831. The number of hydrogen-bond donors (Lipinski definition) is 0. The predicted octanol–water partition coefficient (Wildman–Crippen LogP) is 4.10. The van der Waals surface area contributed by atoms with E-state index < -0.39 is 11.9 Å². The fourth-order valence-electron chi connectivity index (χ4n) is 3.49. The molecule has 2 aromatic heterocycles. The molecular weight excluding hydrogens is 398 g/mol. The number of rotatable bonds is 4. The molecule has 4 aromatic rings. The van der Waals surface area contributed by atoms with E-state index in [0.29, 0.717) is 22.0 Å². The van der Waals surface area contributed by atoms with Gasteiger partial charge in [0, 0.05) is 11.5 Å². The number of nitrogens with zero attached hydrogens (tertiary/aromatic N) is 1. The van der Waals surface area contributed by atoms with Gasteiger partial charge in [0.25, 0.3) is 0 Å². The molecule has 0 saturated carbocycles. The maximum Gasteiger partial charge on any atom is 0.374 e. The number of carbonyl (C=O) groups is 2. The van der Waals surface area contributed by atoms with Crippen LogP contribution in [0, 0.1) is 13.8 Å². The fourth-order valence-corrected chi connectivity index (χ4v) is 3.49. The molecule has 0 aliphatic heterocycles. The number of carbonyl (C=O) groups excluding carboxylic acids is 2. The second kappa shape index (κ2) is 8.02. The zero-order valence-corrected chi connectivity index (χ0v) is 17.2. The summed E-state index contributed by atoms with van der Waals surface area (Å²) >= 11 is 0. The number of benzene rings is 2. The lowest BCUT2D eigenvalue weighted by Gasteiger charge is -2.13. The van der Waals surface area contributed by atoms with Crippen LogP contribution < -0.4 is 5.43 Å². The Kier molecular flexibility index (Phi) is 5.25. The lowest BCUT2D eigenvalue weighted by atomic mass is 10.0. The number of aryl methyl sites for hydroxylation is 2. The van der Waals surface area contributed by atoms with Gasteiger partial charge in [-0.2, -0.15) is 0 Å². The van der Waals surface area contributed by atoms with Crippen LogP contribution in [-0.4, -0.2) is 24.0 Å². The highest BCUT2D eigenvalue weighted by atomic mass is 16.5. The second-order valence-electron chi connectivity index (χ2n) is 7.12. The molecule has 31 heavy (non-hydrogen) atoms. The monoisotopic (exact) mass is 417 g/mol. The van der Waals surface area contributed by atoms with Gasteiger partial charge in [-0.3, -0.25) is 4.79 Å². The van der Waals surface area contributed by atoms with Gasteiger partial charge in [0.1, 0.15) is 12.2 Å². The van der Waals surface area contributed by atoms with E-state index in [9.17, 15) is 14.4 Å². The number of ether oxygens (including phenoxy) is 2. The fraction of sp³-hybridized carbons (Fsp3) is 0.167. The zero-order valence-electron chi connectivity index (χ0n) is 17.2. The molecule has 7 heteroatoms. The van der Waals surface area contributed by atoms with Crippen molar-refractivity contribution in [2.24, 2.45) is 0 Å². The summed E-state index contributed by atoms with van der Waals surface area (Å²) in [6.07, 6.45) is 0. The molecule has 2 heterocycles. The van der Waals surface area contributed by atoms with Crippen molar-refractivity contribution in [1.29, 1.82) is 0 Å². The van der Waals surface area contributed by atoms with Crippen LogP contribution in [0.1, 0.15) is 37.7 Å². The molecule has 0 bridgehead atoms. The molecular formula is C24H19NO6. The van der Waals surface area contributed by atoms with E-state index in [2.05, 4.69) is 4.98 Å². The molecule has 2 aromatic carbocycles. The van der Waals surface area contributed by atoms with Crippen LogP contribution in [0.25, 0.3) is 21.9 Å². The summed E-state index contributed by atoms with van der Waals surface area (Å²) in [5.74, 6) is -1.63. The molecule has 0 unspecified atom stereocenters. The maximum absolute atomic E-state index is 12.6. The van der Waals surface area contributed by atoms with Crippen LogP contribution >= 0.6 is 0 Å². The molecule has 7 nitrogen and oxygen atoms in total. The SMILES string of the molecule is COC(=O)c1c(COC(=O)c2cc(=O)c3cc(C)ccc3o2)nc2ccccc2c1C. The minimum absolute atomic E-state index is 0.224. The topological polar surface area (TPSA) is 95.7 Å². The molecule has 0 aliphatic carbocycles. The Bertz CT molecular complexity index is 1400. The quantitative estimate of drug-likeness (QED) is 0.461. The van der Waals surface area contributed by atoms with Crippen molar-refractivity contribution in [3.05, 3.63) is 86.9 Å². The number of hydrogen-bond acceptors (Lipinski definition) is 7. The van der Waals surface area contributed by atoms with Crippen LogP contribution in [0.15, 0.2) is 57.7 Å². The van der Waals surface area contributed by atoms with Crippen LogP contribution in [0.3, 0.4) is 0 Å². The molecule has 4 rings (SSSR count). The summed E-state index contributed by atoms with van der Waals surface area (Å²) in [5.41, 5.74) is 2.69. The first-order valence-electron chi connectivity index (χ1n) is 9.57. The van der Waals surface area contributed by atoms with Crippen molar-refractivity contribution in [2.75, 3.05) is 7.11 Å². The van der Waals surface area contributed by atoms with Gasteiger partial charge < -0.3 is 13.9 Å². The van der Waals surface area contributed by atoms with Gasteiger partial charge in [-0.05, 0) is 37.6 Å². The maximum atomic E-state index is 12.6. The second-order valence-corrected chi connectivity index (χ2v) is 7.12. The Hall–Kier alpha value is -4.00. The number of esters is 2. The summed E-state index contributed by atoms with van der Waals surface area (Å²) in [7, 11) is 1.28. The molecule has 0 aliphatic rings. The van der Waals surface area contributed by atoms with Crippen molar-refractivity contribution in [3.63, 3.8) is 0 Å². The van der Waals surface area contributed by atoms with E-state index in [-0.39, 0.29) is 29.1 Å². The van der Waals surface area contributed by atoms with E-state index in [1.807, 2.05) is 25.1 Å². The molecule has 0 N–H and O–H groups in total. The van der Waals surface area contributed by atoms with Crippen LogP contribution in [-0.2, 0) is 16.1 Å². The molecule has 0 amide bonds. The lowest BCUT2D eigenvalue weighted by molar-refractivity contribution is 0.0422. The third-order valence-electron chi connectivity index (χ3n) is 5.04. The first-order chi connectivity index (χ1) is 14.9. The van der Waals surface area contributed by atoms with Crippen LogP contribution in [0.2, 0.25) is 0 Å². The summed E-state index contributed by atoms with van der Waals surface area (Å²) in [5, 5.41) is 1.19. The van der Waals surface area contributed by atoms with Crippen molar-refractivity contribution in [2.45, 2.75) is 20.5 Å². The summed E-state index contributed by atoms with van der Waals surface area (Å²) < 4.78 is 15.8. The molecule has 0 spiro atoms. The number of aromatic nitrogens is 1. The van der Waals surface area contributed by atoms with Gasteiger partial charge in [-0.1, -0.05) is 29.8 Å². The van der Waals surface area contributed by atoms with Gasteiger partial charge >= 0.3 is 11.9 Å². The van der Waals surface area contributed by atoms with Crippen molar-refractivity contribution < 1.29 is 23.5 Å². The van der Waals surface area contributed by atoms with Gasteiger partial charge in [0.15, 0.2) is 5.43 Å². The molecule has 0 radical (unpaired) electrons. The van der Waals surface area contributed by atoms with E-state index in [1.54, 1.807) is 31.2 Å². The Morgan fingerprint density at radius 1 is 1.00 bits per heavy atom. The van der Waals surface area contributed by atoms with Gasteiger partial charge in [-0.25, -0.2) is 14.6 Å². The van der Waals surface area contributed by atoms with Crippen molar-refractivity contribution >= 4 is 33.8 Å². The third kappa shape index (κ3) is 3.77. The first-order valence-corrected chi connectivity index (χ1v) is 9.57. The summed E-state index contributed by atoms with van der Waals surface area (Å²) in [6, 6.07) is 13.5. The van der Waals surface area contributed by atoms with Crippen LogP contribution in [0.4, 0.5) is 0 Å². The highest BCUT2D eigenvalue weighted by Crippen LogP contribution is 2.24. The molecule has 0 saturated heterocycles. The molecule has 0 fully saturated rings. The largest absolute Gasteiger partial charge is 0.465 e. The Morgan fingerprint density at radius 2 is 1.77 bits per heavy atom. The number of para-hydroxylation sites is 1.